The van der Waals surface area contributed by atoms with Crippen LogP contribution >= 0.6 is 0 Å². The van der Waals surface area contributed by atoms with Gasteiger partial charge in [0.25, 0.3) is 0 Å². The fraction of sp³-hybridized carbons (Fsp3) is 1.00. The molecule has 0 aromatic carbocycles. The van der Waals surface area contributed by atoms with Gasteiger partial charge in [0, 0.05) is 0 Å². The van der Waals surface area contributed by atoms with Gasteiger partial charge in [-0.15, -0.1) is 0 Å². The maximum absolute atomic E-state index is 7.83. The Morgan fingerprint density at radius 1 is 1.25 bits per heavy atom. The van der Waals surface area contributed by atoms with Gasteiger partial charge in [0.15, 0.2) is 0 Å². The maximum Gasteiger partial charge on any atom is 1.00 e. The first-order chi connectivity index (χ1) is 2.56. The third-order valence-corrected chi connectivity index (χ3v) is 0.335. The monoisotopic (exact) mass is 151 g/mol. The molecule has 8 heavy (non-hydrogen) atoms. The first-order valence-corrected chi connectivity index (χ1v) is 1.42. The minimum Gasteiger partial charge on any atom is -1.00 e. The van der Waals surface area contributed by atoms with Crippen molar-refractivity contribution in [3.8, 4) is 0 Å². The molecule has 0 aromatic rings. The van der Waals surface area contributed by atoms with E-state index in [-0.39, 0.29) is 42.0 Å². The molecule has 4 nitrogen and oxygen atoms in total. The Morgan fingerprint density at radius 3 is 1.38 bits per heavy atom. The minimum atomic E-state index is -2.71. The van der Waals surface area contributed by atoms with E-state index in [4.69, 9.17) is 15.3 Å². The Kier molecular flexibility index (Phi) is 12.6. The fourth-order valence-electron chi connectivity index (χ4n) is 0. The van der Waals surface area contributed by atoms with Gasteiger partial charge in [-0.05, 0) is 7.05 Å². The molecule has 0 aliphatic carbocycles. The van der Waals surface area contributed by atoms with Crippen molar-refractivity contribution >= 4 is 0 Å². The van der Waals surface area contributed by atoms with Crippen molar-refractivity contribution < 1.29 is 57.3 Å². The van der Waals surface area contributed by atoms with Gasteiger partial charge in [-0.25, -0.2) is 5.32 Å². The van der Waals surface area contributed by atoms with Crippen LogP contribution in [0.2, 0.25) is 0 Å². The summed E-state index contributed by atoms with van der Waals surface area (Å²) in [7, 11) is 1.21. The van der Waals surface area contributed by atoms with Gasteiger partial charge in [0.1, 0.15) is 0 Å². The summed E-state index contributed by atoms with van der Waals surface area (Å²) in [5.74, 6) is 0. The molecule has 0 bridgehead atoms. The van der Waals surface area contributed by atoms with Crippen LogP contribution in [0.25, 0.3) is 0 Å². The molecule has 0 aliphatic rings. The van der Waals surface area contributed by atoms with Crippen molar-refractivity contribution in [3.05, 3.63) is 0 Å². The average molecular weight is 152 g/mol. The second kappa shape index (κ2) is 6.25. The van der Waals surface area contributed by atoms with E-state index in [0.29, 0.717) is 0 Å². The maximum atomic E-state index is 7.83. The van der Waals surface area contributed by atoms with Gasteiger partial charge in [0.05, 0.1) is 0 Å². The van der Waals surface area contributed by atoms with E-state index >= 15 is 0 Å². The van der Waals surface area contributed by atoms with Gasteiger partial charge in [-0.2, -0.15) is 0 Å². The first-order valence-electron chi connectivity index (χ1n) is 1.42. The van der Waals surface area contributed by atoms with Crippen LogP contribution < -0.4 is 47.3 Å². The average Bonchev–Trinajstić information content (AvgIpc) is 1.35. The molecular formula is C2H7ClNNaO3. The van der Waals surface area contributed by atoms with E-state index in [1.807, 2.05) is 0 Å². The molecule has 0 heterocycles. The number of rotatable bonds is 1. The molecule has 0 aliphatic heterocycles. The number of hydrogen-bond acceptors (Lipinski definition) is 4. The van der Waals surface area contributed by atoms with Crippen LogP contribution in [0.3, 0.4) is 0 Å². The Morgan fingerprint density at radius 2 is 1.38 bits per heavy atom. The minimum absolute atomic E-state index is 0. The van der Waals surface area contributed by atoms with Gasteiger partial charge in [-0.1, -0.05) is 0 Å². The number of hydrogen-bond donors (Lipinski definition) is 4. The number of halogens is 1. The molecule has 46 valence electrons. The summed E-state index contributed by atoms with van der Waals surface area (Å²) in [6.07, 6.45) is -2.71. The van der Waals surface area contributed by atoms with E-state index in [1.54, 1.807) is 5.32 Å². The standard InChI is InChI=1S/C2H7NO3.ClH.Na/c1-3-2(4,5)6;;/h3-6H,1H3;1H;/q;;+1/p-1. The van der Waals surface area contributed by atoms with Crippen LogP contribution in [0, 0.1) is 0 Å². The van der Waals surface area contributed by atoms with E-state index in [0.717, 1.165) is 0 Å². The first kappa shape index (κ1) is 16.1. The topological polar surface area (TPSA) is 72.7 Å². The summed E-state index contributed by atoms with van der Waals surface area (Å²) in [4.78, 5) is 0. The van der Waals surface area contributed by atoms with Crippen molar-refractivity contribution in [2.24, 2.45) is 0 Å². The molecule has 0 saturated heterocycles. The summed E-state index contributed by atoms with van der Waals surface area (Å²) in [5, 5.41) is 25.3. The molecule has 6 heteroatoms. The molecule has 0 unspecified atom stereocenters. The largest absolute Gasteiger partial charge is 1.00 e. The summed E-state index contributed by atoms with van der Waals surface area (Å²) in [6, 6.07) is 0. The van der Waals surface area contributed by atoms with E-state index < -0.39 is 6.10 Å². The third-order valence-electron chi connectivity index (χ3n) is 0.335. The fourth-order valence-corrected chi connectivity index (χ4v) is 0. The van der Waals surface area contributed by atoms with Crippen molar-refractivity contribution in [2.45, 2.75) is 6.10 Å². The van der Waals surface area contributed by atoms with E-state index in [1.165, 1.54) is 7.05 Å². The molecule has 0 atom stereocenters. The SMILES string of the molecule is CNC(O)(O)O.[Cl-].[Na+]. The van der Waals surface area contributed by atoms with E-state index in [2.05, 4.69) is 0 Å². The predicted octanol–water partition coefficient (Wildman–Crippen LogP) is -8.20. The van der Waals surface area contributed by atoms with Crippen LogP contribution in [0.15, 0.2) is 0 Å². The third kappa shape index (κ3) is 15.7. The molecule has 0 aromatic heterocycles. The zero-order valence-electron chi connectivity index (χ0n) is 4.72. The quantitative estimate of drug-likeness (QED) is 0.222. The van der Waals surface area contributed by atoms with Crippen LogP contribution in [0.1, 0.15) is 0 Å². The summed E-state index contributed by atoms with van der Waals surface area (Å²) in [6.45, 7) is 0. The predicted molar refractivity (Wildman–Crippen MR) is 18.4 cm³/mol. The van der Waals surface area contributed by atoms with Crippen LogP contribution in [0.4, 0.5) is 0 Å². The molecule has 4 N–H and O–H groups in total. The summed E-state index contributed by atoms with van der Waals surface area (Å²) in [5.41, 5.74) is 0. The smallest absolute Gasteiger partial charge is 1.00 e. The Labute approximate surface area is 75.6 Å². The van der Waals surface area contributed by atoms with Crippen molar-refractivity contribution in [2.75, 3.05) is 7.05 Å². The molecule has 0 rings (SSSR count). The van der Waals surface area contributed by atoms with Gasteiger partial charge in [-0.3, -0.25) is 0 Å². The van der Waals surface area contributed by atoms with Gasteiger partial charge < -0.3 is 27.7 Å². The normalized spacial score (nSPS) is 9.00. The zero-order chi connectivity index (χ0) is 5.21. The Balaban J connectivity index is -0.000000125. The van der Waals surface area contributed by atoms with Crippen molar-refractivity contribution in [1.82, 2.24) is 5.32 Å². The van der Waals surface area contributed by atoms with Gasteiger partial charge >= 0.3 is 35.7 Å². The second-order valence-corrected chi connectivity index (χ2v) is 0.885. The number of nitrogens with one attached hydrogen (secondary N) is 1. The van der Waals surface area contributed by atoms with E-state index in [9.17, 15) is 0 Å². The van der Waals surface area contributed by atoms with Crippen LogP contribution in [-0.2, 0) is 0 Å². The Hall–Kier alpha value is 1.13. The molecule has 0 amide bonds. The zero-order valence-corrected chi connectivity index (χ0v) is 7.48. The van der Waals surface area contributed by atoms with Crippen LogP contribution in [-0.4, -0.2) is 28.5 Å². The summed E-state index contributed by atoms with van der Waals surface area (Å²) >= 11 is 0. The number of aliphatic hydroxyl groups is 3. The van der Waals surface area contributed by atoms with Crippen LogP contribution in [0.5, 0.6) is 0 Å². The molecule has 0 saturated carbocycles. The molecule has 0 fully saturated rings. The van der Waals surface area contributed by atoms with Crippen molar-refractivity contribution in [3.63, 3.8) is 0 Å². The summed E-state index contributed by atoms with van der Waals surface area (Å²) < 4.78 is 0. The molecular weight excluding hydrogens is 144 g/mol. The molecule has 0 radical (unpaired) electrons. The van der Waals surface area contributed by atoms with Gasteiger partial charge in [0.2, 0.25) is 0 Å². The Bertz CT molecular complexity index is 47.0. The second-order valence-electron chi connectivity index (χ2n) is 0.885. The molecule has 0 spiro atoms. The van der Waals surface area contributed by atoms with Crippen molar-refractivity contribution in [1.29, 1.82) is 0 Å².